The number of hydrogen-bond acceptors (Lipinski definition) is 7. The molecule has 0 saturated carbocycles. The molecule has 0 spiro atoms. The van der Waals surface area contributed by atoms with Gasteiger partial charge in [0.1, 0.15) is 5.82 Å². The van der Waals surface area contributed by atoms with Gasteiger partial charge in [-0.15, -0.1) is 0 Å². The van der Waals surface area contributed by atoms with Crippen LogP contribution in [0.4, 0.5) is 5.82 Å². The molecular weight excluding hydrogens is 304 g/mol. The maximum Gasteiger partial charge on any atom is 0.259 e. The third-order valence-electron chi connectivity index (χ3n) is 4.00. The van der Waals surface area contributed by atoms with E-state index in [0.717, 1.165) is 49.5 Å². The lowest BCUT2D eigenvalue weighted by molar-refractivity contribution is 0.432. The van der Waals surface area contributed by atoms with E-state index in [4.69, 9.17) is 4.52 Å². The van der Waals surface area contributed by atoms with Crippen molar-refractivity contribution in [1.82, 2.24) is 25.4 Å². The fourth-order valence-corrected chi connectivity index (χ4v) is 2.73. The topological polar surface area (TPSA) is 80.0 Å². The van der Waals surface area contributed by atoms with Crippen LogP contribution in [0.15, 0.2) is 47.4 Å². The SMILES string of the molecule is c1cncc(-c2noc(-c3ccc(N4CCCNCC4)nc3)n2)c1. The van der Waals surface area contributed by atoms with E-state index in [0.29, 0.717) is 11.7 Å². The van der Waals surface area contributed by atoms with Crippen LogP contribution in [-0.2, 0) is 0 Å². The van der Waals surface area contributed by atoms with E-state index >= 15 is 0 Å². The standard InChI is InChI=1S/C17H18N6O/c1-3-13(11-19-6-1)16-21-17(24-22-16)14-4-5-15(20-12-14)23-9-2-7-18-8-10-23/h1,3-6,11-12,18H,2,7-10H2. The molecule has 1 saturated heterocycles. The average Bonchev–Trinajstić information content (AvgIpc) is 2.98. The lowest BCUT2D eigenvalue weighted by atomic mass is 10.2. The van der Waals surface area contributed by atoms with Crippen molar-refractivity contribution >= 4 is 5.82 Å². The first-order valence-corrected chi connectivity index (χ1v) is 8.06. The summed E-state index contributed by atoms with van der Waals surface area (Å²) < 4.78 is 5.36. The van der Waals surface area contributed by atoms with Gasteiger partial charge in [-0.05, 0) is 37.2 Å². The van der Waals surface area contributed by atoms with E-state index in [-0.39, 0.29) is 0 Å². The largest absolute Gasteiger partial charge is 0.355 e. The van der Waals surface area contributed by atoms with Crippen molar-refractivity contribution in [3.63, 3.8) is 0 Å². The minimum atomic E-state index is 0.463. The van der Waals surface area contributed by atoms with Gasteiger partial charge in [0.15, 0.2) is 0 Å². The van der Waals surface area contributed by atoms with Crippen molar-refractivity contribution < 1.29 is 4.52 Å². The third-order valence-corrected chi connectivity index (χ3v) is 4.00. The molecule has 0 aliphatic carbocycles. The summed E-state index contributed by atoms with van der Waals surface area (Å²) in [6.07, 6.45) is 6.34. The van der Waals surface area contributed by atoms with Crippen LogP contribution in [0.5, 0.6) is 0 Å². The van der Waals surface area contributed by atoms with Gasteiger partial charge in [-0.1, -0.05) is 5.16 Å². The molecule has 0 bridgehead atoms. The number of hydrogen-bond donors (Lipinski definition) is 1. The van der Waals surface area contributed by atoms with Gasteiger partial charge < -0.3 is 14.7 Å². The zero-order valence-electron chi connectivity index (χ0n) is 13.2. The Morgan fingerprint density at radius 3 is 2.88 bits per heavy atom. The van der Waals surface area contributed by atoms with Crippen LogP contribution in [0, 0.1) is 0 Å². The maximum atomic E-state index is 5.36. The summed E-state index contributed by atoms with van der Waals surface area (Å²) in [7, 11) is 0. The third kappa shape index (κ3) is 3.11. The Morgan fingerprint density at radius 2 is 2.04 bits per heavy atom. The molecule has 7 nitrogen and oxygen atoms in total. The van der Waals surface area contributed by atoms with E-state index in [2.05, 4.69) is 30.3 Å². The smallest absolute Gasteiger partial charge is 0.259 e. The second-order valence-corrected chi connectivity index (χ2v) is 5.66. The normalized spacial score (nSPS) is 15.2. The summed E-state index contributed by atoms with van der Waals surface area (Å²) in [6, 6.07) is 7.73. The highest BCUT2D eigenvalue weighted by atomic mass is 16.5. The van der Waals surface area contributed by atoms with E-state index in [9.17, 15) is 0 Å². The Hall–Kier alpha value is -2.80. The summed E-state index contributed by atoms with van der Waals surface area (Å²) in [5.41, 5.74) is 1.64. The zero-order chi connectivity index (χ0) is 16.2. The minimum Gasteiger partial charge on any atom is -0.355 e. The van der Waals surface area contributed by atoms with Gasteiger partial charge in [-0.25, -0.2) is 4.98 Å². The van der Waals surface area contributed by atoms with Gasteiger partial charge in [0.25, 0.3) is 5.89 Å². The fourth-order valence-electron chi connectivity index (χ4n) is 2.73. The molecule has 1 aliphatic heterocycles. The van der Waals surface area contributed by atoms with Crippen LogP contribution in [0.3, 0.4) is 0 Å². The number of anilines is 1. The van der Waals surface area contributed by atoms with Gasteiger partial charge in [-0.3, -0.25) is 4.98 Å². The number of aromatic nitrogens is 4. The Balaban J connectivity index is 1.54. The van der Waals surface area contributed by atoms with E-state index < -0.39 is 0 Å². The van der Waals surface area contributed by atoms with Gasteiger partial charge >= 0.3 is 0 Å². The molecule has 7 heteroatoms. The fraction of sp³-hybridized carbons (Fsp3) is 0.294. The minimum absolute atomic E-state index is 0.463. The Kier molecular flexibility index (Phi) is 4.16. The first kappa shape index (κ1) is 14.8. The number of nitrogens with one attached hydrogen (secondary N) is 1. The molecule has 1 N–H and O–H groups in total. The van der Waals surface area contributed by atoms with E-state index in [1.807, 2.05) is 24.3 Å². The molecule has 4 heterocycles. The van der Waals surface area contributed by atoms with Gasteiger partial charge in [0.05, 0.1) is 5.56 Å². The van der Waals surface area contributed by atoms with Crippen LogP contribution in [0.25, 0.3) is 22.8 Å². The molecule has 3 aromatic heterocycles. The second-order valence-electron chi connectivity index (χ2n) is 5.66. The predicted molar refractivity (Wildman–Crippen MR) is 90.5 cm³/mol. The molecule has 3 aromatic rings. The monoisotopic (exact) mass is 322 g/mol. The highest BCUT2D eigenvalue weighted by Crippen LogP contribution is 2.22. The molecule has 0 aromatic carbocycles. The summed E-state index contributed by atoms with van der Waals surface area (Å²) in [6.45, 7) is 4.04. The van der Waals surface area contributed by atoms with Crippen molar-refractivity contribution in [1.29, 1.82) is 0 Å². The molecule has 0 amide bonds. The Bertz CT molecular complexity index is 778. The quantitative estimate of drug-likeness (QED) is 0.790. The van der Waals surface area contributed by atoms with Crippen molar-refractivity contribution in [2.75, 3.05) is 31.1 Å². The molecule has 24 heavy (non-hydrogen) atoms. The molecule has 0 radical (unpaired) electrons. The van der Waals surface area contributed by atoms with Crippen LogP contribution < -0.4 is 10.2 Å². The molecule has 4 rings (SSSR count). The molecular formula is C17H18N6O. The highest BCUT2D eigenvalue weighted by Gasteiger charge is 2.13. The summed E-state index contributed by atoms with van der Waals surface area (Å²) in [5, 5.41) is 7.41. The first-order valence-electron chi connectivity index (χ1n) is 8.06. The Morgan fingerprint density at radius 1 is 1.04 bits per heavy atom. The first-order chi connectivity index (χ1) is 11.9. The van der Waals surface area contributed by atoms with Crippen molar-refractivity contribution in [2.45, 2.75) is 6.42 Å². The zero-order valence-corrected chi connectivity index (χ0v) is 13.2. The molecule has 0 atom stereocenters. The van der Waals surface area contributed by atoms with Crippen molar-refractivity contribution in [3.8, 4) is 22.8 Å². The van der Waals surface area contributed by atoms with Crippen LogP contribution in [0.2, 0.25) is 0 Å². The summed E-state index contributed by atoms with van der Waals surface area (Å²) >= 11 is 0. The molecule has 1 fully saturated rings. The molecule has 0 unspecified atom stereocenters. The van der Waals surface area contributed by atoms with E-state index in [1.165, 1.54) is 0 Å². The molecule has 1 aliphatic rings. The van der Waals surface area contributed by atoms with E-state index in [1.54, 1.807) is 18.6 Å². The van der Waals surface area contributed by atoms with Gasteiger partial charge in [-0.2, -0.15) is 4.98 Å². The number of pyridine rings is 2. The molecule has 122 valence electrons. The summed E-state index contributed by atoms with van der Waals surface area (Å²) in [4.78, 5) is 15.3. The Labute approximate surface area is 139 Å². The maximum absolute atomic E-state index is 5.36. The average molecular weight is 322 g/mol. The van der Waals surface area contributed by atoms with Crippen molar-refractivity contribution in [3.05, 3.63) is 42.9 Å². The highest BCUT2D eigenvalue weighted by molar-refractivity contribution is 5.59. The number of nitrogens with zero attached hydrogens (tertiary/aromatic N) is 5. The van der Waals surface area contributed by atoms with Crippen molar-refractivity contribution in [2.24, 2.45) is 0 Å². The lowest BCUT2D eigenvalue weighted by Crippen LogP contribution is -2.28. The number of rotatable bonds is 3. The van der Waals surface area contributed by atoms with Gasteiger partial charge in [0.2, 0.25) is 5.82 Å². The van der Waals surface area contributed by atoms with Crippen LogP contribution in [-0.4, -0.2) is 46.3 Å². The summed E-state index contributed by atoms with van der Waals surface area (Å²) in [5.74, 6) is 1.97. The van der Waals surface area contributed by atoms with Gasteiger partial charge in [0, 0.05) is 43.8 Å². The lowest BCUT2D eigenvalue weighted by Gasteiger charge is -2.20. The predicted octanol–water partition coefficient (Wildman–Crippen LogP) is 1.99. The van der Waals surface area contributed by atoms with Crippen LogP contribution in [0.1, 0.15) is 6.42 Å². The second kappa shape index (κ2) is 6.76. The van der Waals surface area contributed by atoms with Crippen LogP contribution >= 0.6 is 0 Å².